The summed E-state index contributed by atoms with van der Waals surface area (Å²) in [5.74, 6) is -1.30. The zero-order valence-electron chi connectivity index (χ0n) is 19.1. The Labute approximate surface area is 222 Å². The second-order valence-corrected chi connectivity index (χ2v) is 9.24. The van der Waals surface area contributed by atoms with Crippen LogP contribution in [0.3, 0.4) is 0 Å². The molecule has 2 aromatic carbocycles. The highest BCUT2D eigenvalue weighted by molar-refractivity contribution is 6.42. The van der Waals surface area contributed by atoms with Crippen LogP contribution in [-0.4, -0.2) is 65.0 Å². The van der Waals surface area contributed by atoms with Crippen molar-refractivity contribution in [1.82, 2.24) is 20.3 Å². The van der Waals surface area contributed by atoms with Crippen LogP contribution < -0.4 is 11.1 Å². The number of halogens is 3. The van der Waals surface area contributed by atoms with Crippen molar-refractivity contribution in [3.63, 3.8) is 0 Å². The molecule has 12 heteroatoms. The molecular formula is C24H22Cl3N5O4. The Morgan fingerprint density at radius 2 is 1.72 bits per heavy atom. The number of hydrogen-bond donors (Lipinski definition) is 2. The first-order chi connectivity index (χ1) is 17.2. The lowest BCUT2D eigenvalue weighted by atomic mass is 10.0. The number of aromatic nitrogens is 1. The summed E-state index contributed by atoms with van der Waals surface area (Å²) in [4.78, 5) is 43.0. The van der Waals surface area contributed by atoms with Crippen LogP contribution in [0.2, 0.25) is 15.1 Å². The minimum absolute atomic E-state index is 0.0964. The molecule has 1 atom stereocenters. The first-order valence-electron chi connectivity index (χ1n) is 11.0. The van der Waals surface area contributed by atoms with Gasteiger partial charge in [0, 0.05) is 37.3 Å². The van der Waals surface area contributed by atoms with E-state index in [0.717, 1.165) is 0 Å². The summed E-state index contributed by atoms with van der Waals surface area (Å²) >= 11 is 18.4. The fraction of sp³-hybridized carbons (Fsp3) is 0.250. The topological polar surface area (TPSA) is 122 Å². The zero-order valence-corrected chi connectivity index (χ0v) is 21.4. The molecule has 9 nitrogen and oxygen atoms in total. The van der Waals surface area contributed by atoms with Crippen molar-refractivity contribution in [2.45, 2.75) is 13.1 Å². The maximum Gasteiger partial charge on any atom is 0.263 e. The number of aryl methyl sites for hydroxylation is 1. The van der Waals surface area contributed by atoms with Gasteiger partial charge in [-0.15, -0.1) is 0 Å². The van der Waals surface area contributed by atoms with E-state index in [9.17, 15) is 14.4 Å². The van der Waals surface area contributed by atoms with Gasteiger partial charge in [-0.3, -0.25) is 14.4 Å². The lowest BCUT2D eigenvalue weighted by Crippen LogP contribution is -2.54. The third-order valence-electron chi connectivity index (χ3n) is 5.74. The van der Waals surface area contributed by atoms with Crippen LogP contribution in [0.5, 0.6) is 0 Å². The largest absolute Gasteiger partial charge is 0.360 e. The second-order valence-electron chi connectivity index (χ2n) is 8.02. The van der Waals surface area contributed by atoms with Gasteiger partial charge >= 0.3 is 0 Å². The van der Waals surface area contributed by atoms with Crippen LogP contribution in [0, 0.1) is 6.92 Å². The van der Waals surface area contributed by atoms with E-state index < -0.39 is 23.9 Å². The summed E-state index contributed by atoms with van der Waals surface area (Å²) in [7, 11) is 0. The standard InChI is InChI=1S/C24H22Cl3N5O4/c1-13-19(20(30-36-13)15-4-2-3-5-16(15)25)24(35)32-11-10-31(22(32)21(33)29-9-8-28)23(34)14-6-7-17(26)18(27)12-14/h2-7,12,22H,8-11,28H2,1H3,(H,29,33). The Morgan fingerprint density at radius 1 is 1.03 bits per heavy atom. The summed E-state index contributed by atoms with van der Waals surface area (Å²) in [5.41, 5.74) is 6.69. The first kappa shape index (κ1) is 26.0. The molecule has 1 aromatic heterocycles. The van der Waals surface area contributed by atoms with Crippen LogP contribution in [0.1, 0.15) is 26.5 Å². The van der Waals surface area contributed by atoms with E-state index in [1.807, 2.05) is 0 Å². The highest BCUT2D eigenvalue weighted by Gasteiger charge is 2.44. The molecule has 1 aliphatic heterocycles. The van der Waals surface area contributed by atoms with Gasteiger partial charge in [0.15, 0.2) is 6.17 Å². The maximum absolute atomic E-state index is 13.8. The van der Waals surface area contributed by atoms with E-state index in [0.29, 0.717) is 15.6 Å². The quantitative estimate of drug-likeness (QED) is 0.484. The number of benzene rings is 2. The molecule has 0 bridgehead atoms. The molecule has 0 spiro atoms. The normalized spacial score (nSPS) is 15.3. The van der Waals surface area contributed by atoms with E-state index >= 15 is 0 Å². The third kappa shape index (κ3) is 4.92. The van der Waals surface area contributed by atoms with E-state index in [2.05, 4.69) is 10.5 Å². The van der Waals surface area contributed by atoms with Gasteiger partial charge in [-0.1, -0.05) is 58.2 Å². The highest BCUT2D eigenvalue weighted by Crippen LogP contribution is 2.33. The second kappa shape index (κ2) is 10.9. The molecular weight excluding hydrogens is 529 g/mol. The lowest BCUT2D eigenvalue weighted by Gasteiger charge is -2.29. The van der Waals surface area contributed by atoms with Crippen molar-refractivity contribution >= 4 is 52.5 Å². The molecule has 1 fully saturated rings. The van der Waals surface area contributed by atoms with E-state index in [1.165, 1.54) is 28.0 Å². The van der Waals surface area contributed by atoms with Gasteiger partial charge in [0.1, 0.15) is 17.0 Å². The van der Waals surface area contributed by atoms with Gasteiger partial charge in [0.25, 0.3) is 17.7 Å². The average molecular weight is 551 g/mol. The molecule has 4 rings (SSSR count). The van der Waals surface area contributed by atoms with E-state index in [4.69, 9.17) is 45.1 Å². The molecule has 2 heterocycles. The number of hydrogen-bond acceptors (Lipinski definition) is 6. The Bertz CT molecular complexity index is 1330. The van der Waals surface area contributed by atoms with Crippen molar-refractivity contribution in [3.8, 4) is 11.3 Å². The molecule has 36 heavy (non-hydrogen) atoms. The van der Waals surface area contributed by atoms with Gasteiger partial charge in [-0.05, 0) is 31.2 Å². The van der Waals surface area contributed by atoms with Crippen molar-refractivity contribution in [2.24, 2.45) is 5.73 Å². The number of carbonyl (C=O) groups is 3. The number of amides is 3. The van der Waals surface area contributed by atoms with Gasteiger partial charge < -0.3 is 25.4 Å². The molecule has 0 saturated carbocycles. The average Bonchev–Trinajstić information content (AvgIpc) is 3.48. The van der Waals surface area contributed by atoms with Crippen LogP contribution in [0.15, 0.2) is 47.0 Å². The molecule has 1 unspecified atom stereocenters. The van der Waals surface area contributed by atoms with Crippen LogP contribution in [-0.2, 0) is 4.79 Å². The summed E-state index contributed by atoms with van der Waals surface area (Å²) in [6, 6.07) is 11.3. The van der Waals surface area contributed by atoms with Crippen LogP contribution >= 0.6 is 34.8 Å². The Morgan fingerprint density at radius 3 is 2.39 bits per heavy atom. The molecule has 3 aromatic rings. The predicted octanol–water partition coefficient (Wildman–Crippen LogP) is 3.61. The minimum Gasteiger partial charge on any atom is -0.360 e. The highest BCUT2D eigenvalue weighted by atomic mass is 35.5. The summed E-state index contributed by atoms with van der Waals surface area (Å²) in [6.07, 6.45) is -1.24. The first-order valence-corrected chi connectivity index (χ1v) is 12.1. The fourth-order valence-electron chi connectivity index (χ4n) is 4.02. The fourth-order valence-corrected chi connectivity index (χ4v) is 4.55. The van der Waals surface area contributed by atoms with Crippen LogP contribution in [0.25, 0.3) is 11.3 Å². The van der Waals surface area contributed by atoms with E-state index in [-0.39, 0.29) is 53.8 Å². The van der Waals surface area contributed by atoms with E-state index in [1.54, 1.807) is 31.2 Å². The molecule has 1 aliphatic rings. The number of nitrogens with one attached hydrogen (secondary N) is 1. The van der Waals surface area contributed by atoms with Crippen LogP contribution in [0.4, 0.5) is 0 Å². The Balaban J connectivity index is 1.72. The summed E-state index contributed by atoms with van der Waals surface area (Å²) < 4.78 is 5.33. The number of rotatable bonds is 6. The summed E-state index contributed by atoms with van der Waals surface area (Å²) in [6.45, 7) is 2.16. The smallest absolute Gasteiger partial charge is 0.263 e. The van der Waals surface area contributed by atoms with Crippen molar-refractivity contribution < 1.29 is 18.9 Å². The van der Waals surface area contributed by atoms with Crippen molar-refractivity contribution in [2.75, 3.05) is 26.2 Å². The van der Waals surface area contributed by atoms with Gasteiger partial charge in [0.05, 0.1) is 15.1 Å². The lowest BCUT2D eigenvalue weighted by molar-refractivity contribution is -0.128. The molecule has 188 valence electrons. The number of nitrogens with zero attached hydrogens (tertiary/aromatic N) is 3. The Hall–Kier alpha value is -3.11. The number of nitrogens with two attached hydrogens (primary N) is 1. The predicted molar refractivity (Wildman–Crippen MR) is 136 cm³/mol. The monoisotopic (exact) mass is 549 g/mol. The van der Waals surface area contributed by atoms with Gasteiger partial charge in [-0.2, -0.15) is 0 Å². The number of carbonyl (C=O) groups excluding carboxylic acids is 3. The molecule has 3 amide bonds. The SMILES string of the molecule is Cc1onc(-c2ccccc2Cl)c1C(=O)N1CCN(C(=O)c2ccc(Cl)c(Cl)c2)C1C(=O)NCCN. The maximum atomic E-state index is 13.8. The summed E-state index contributed by atoms with van der Waals surface area (Å²) in [5, 5.41) is 7.59. The third-order valence-corrected chi connectivity index (χ3v) is 6.81. The molecule has 0 aliphatic carbocycles. The van der Waals surface area contributed by atoms with Crippen molar-refractivity contribution in [1.29, 1.82) is 0 Å². The Kier molecular flexibility index (Phi) is 7.85. The zero-order chi connectivity index (χ0) is 26.0. The van der Waals surface area contributed by atoms with Gasteiger partial charge in [-0.25, -0.2) is 0 Å². The molecule has 0 radical (unpaired) electrons. The molecule has 3 N–H and O–H groups in total. The van der Waals surface area contributed by atoms with Crippen molar-refractivity contribution in [3.05, 3.63) is 74.4 Å². The molecule has 1 saturated heterocycles. The minimum atomic E-state index is -1.24. The van der Waals surface area contributed by atoms with Gasteiger partial charge in [0.2, 0.25) is 0 Å².